The smallest absolute Gasteiger partial charge is 0.492 e. The number of rotatable bonds is 9. The van der Waals surface area contributed by atoms with Crippen LogP contribution in [-0.2, 0) is 4.74 Å². The maximum absolute atomic E-state index is 13.3. The Labute approximate surface area is 215 Å². The van der Waals surface area contributed by atoms with E-state index in [0.29, 0.717) is 35.2 Å². The van der Waals surface area contributed by atoms with Crippen LogP contribution in [0.1, 0.15) is 25.1 Å². The van der Waals surface area contributed by atoms with Crippen molar-refractivity contribution in [2.24, 2.45) is 5.41 Å². The van der Waals surface area contributed by atoms with Crippen LogP contribution in [0.4, 0.5) is 13.2 Å². The quantitative estimate of drug-likeness (QED) is 0.246. The van der Waals surface area contributed by atoms with Crippen LogP contribution in [0.25, 0.3) is 28.2 Å². The van der Waals surface area contributed by atoms with Gasteiger partial charge in [-0.3, -0.25) is 9.20 Å². The molecule has 2 aromatic carbocycles. The lowest BCUT2D eigenvalue weighted by molar-refractivity contribution is -0.274. The van der Waals surface area contributed by atoms with E-state index in [2.05, 4.69) is 9.72 Å². The number of benzene rings is 2. The van der Waals surface area contributed by atoms with Gasteiger partial charge in [0, 0.05) is 29.7 Å². The number of ether oxygens (including phenoxy) is 3. The van der Waals surface area contributed by atoms with E-state index in [1.54, 1.807) is 30.8 Å². The molecule has 0 atom stereocenters. The van der Waals surface area contributed by atoms with E-state index >= 15 is 0 Å². The Hall–Kier alpha value is -3.63. The first-order valence-corrected chi connectivity index (χ1v) is 12.2. The van der Waals surface area contributed by atoms with Gasteiger partial charge in [-0.15, -0.1) is 24.5 Å². The molecule has 10 heteroatoms. The largest absolute Gasteiger partial charge is 0.573 e. The highest BCUT2D eigenvalue weighted by molar-refractivity contribution is 7.15. The van der Waals surface area contributed by atoms with Crippen molar-refractivity contribution in [3.8, 4) is 22.6 Å². The zero-order chi connectivity index (χ0) is 26.6. The maximum Gasteiger partial charge on any atom is 0.573 e. The molecule has 0 amide bonds. The zero-order valence-corrected chi connectivity index (χ0v) is 21.2. The minimum absolute atomic E-state index is 0.193. The molecule has 0 N–H and O–H groups in total. The van der Waals surface area contributed by atoms with Crippen molar-refractivity contribution in [1.82, 2.24) is 9.38 Å². The normalized spacial score (nSPS) is 12.4. The second kappa shape index (κ2) is 10.8. The summed E-state index contributed by atoms with van der Waals surface area (Å²) in [6.45, 7) is 5.06. The number of thiazole rings is 1. The number of fused-ring (bicyclic) bond motifs is 1. The van der Waals surface area contributed by atoms with Crippen molar-refractivity contribution in [1.29, 1.82) is 0 Å². The Kier molecular flexibility index (Phi) is 7.70. The summed E-state index contributed by atoms with van der Waals surface area (Å²) >= 11 is 1.31. The van der Waals surface area contributed by atoms with E-state index < -0.39 is 6.36 Å². The third-order valence-corrected chi connectivity index (χ3v) is 6.12. The second-order valence-electron chi connectivity index (χ2n) is 9.06. The Balaban J connectivity index is 1.71. The highest BCUT2D eigenvalue weighted by atomic mass is 32.1. The predicted molar refractivity (Wildman–Crippen MR) is 138 cm³/mol. The maximum atomic E-state index is 13.3. The van der Waals surface area contributed by atoms with Gasteiger partial charge in [0.1, 0.15) is 11.5 Å². The van der Waals surface area contributed by atoms with Gasteiger partial charge in [-0.05, 0) is 35.9 Å². The van der Waals surface area contributed by atoms with Crippen LogP contribution in [0.3, 0.4) is 0 Å². The number of nitrogens with zero attached hydrogens (tertiary/aromatic N) is 2. The fourth-order valence-electron chi connectivity index (χ4n) is 3.74. The molecule has 0 bridgehead atoms. The van der Waals surface area contributed by atoms with Gasteiger partial charge in [0.05, 0.1) is 24.5 Å². The van der Waals surface area contributed by atoms with E-state index in [1.807, 2.05) is 38.1 Å². The molecule has 2 aromatic heterocycles. The summed E-state index contributed by atoms with van der Waals surface area (Å²) in [5, 5.41) is 1.74. The van der Waals surface area contributed by atoms with Gasteiger partial charge in [0.2, 0.25) is 0 Å². The summed E-state index contributed by atoms with van der Waals surface area (Å²) in [5.41, 5.74) is 1.31. The van der Waals surface area contributed by atoms with E-state index in [9.17, 15) is 18.0 Å². The van der Waals surface area contributed by atoms with Crippen LogP contribution in [0.15, 0.2) is 64.9 Å². The molecule has 0 radical (unpaired) electrons. The van der Waals surface area contributed by atoms with Crippen molar-refractivity contribution in [3.05, 3.63) is 81.7 Å². The highest BCUT2D eigenvalue weighted by Gasteiger charge is 2.31. The molecule has 37 heavy (non-hydrogen) atoms. The lowest BCUT2D eigenvalue weighted by Gasteiger charge is -2.24. The molecule has 4 rings (SSSR count). The van der Waals surface area contributed by atoms with Crippen molar-refractivity contribution in [2.45, 2.75) is 20.2 Å². The number of para-hydroxylation sites is 1. The van der Waals surface area contributed by atoms with Crippen LogP contribution in [0.2, 0.25) is 0 Å². The van der Waals surface area contributed by atoms with E-state index in [0.717, 1.165) is 5.56 Å². The lowest BCUT2D eigenvalue weighted by Crippen LogP contribution is -2.26. The third kappa shape index (κ3) is 6.58. The first-order valence-electron chi connectivity index (χ1n) is 11.3. The average molecular weight is 531 g/mol. The summed E-state index contributed by atoms with van der Waals surface area (Å²) in [4.78, 5) is 18.5. The fourth-order valence-corrected chi connectivity index (χ4v) is 4.45. The Morgan fingerprint density at radius 1 is 1.03 bits per heavy atom. The standard InChI is InChI=1S/C27H25F3N2O4S/c1-26(2,16-34-3)17-35-22-7-5-4-6-18(22)10-13-21-23(24(33)32-14-15-37-25(32)31-21)19-8-11-20(12-9-19)36-27(28,29)30/h4-15H,16-17H2,1-3H3/b13-10+. The third-order valence-electron chi connectivity index (χ3n) is 5.36. The molecular weight excluding hydrogens is 505 g/mol. The molecule has 0 unspecified atom stereocenters. The zero-order valence-electron chi connectivity index (χ0n) is 20.4. The van der Waals surface area contributed by atoms with E-state index in [4.69, 9.17) is 9.47 Å². The number of hydrogen-bond donors (Lipinski definition) is 0. The van der Waals surface area contributed by atoms with Gasteiger partial charge in [-0.1, -0.05) is 44.2 Å². The van der Waals surface area contributed by atoms with Gasteiger partial charge in [0.25, 0.3) is 5.56 Å². The summed E-state index contributed by atoms with van der Waals surface area (Å²) in [6, 6.07) is 12.6. The van der Waals surface area contributed by atoms with Crippen LogP contribution >= 0.6 is 11.3 Å². The topological polar surface area (TPSA) is 62.1 Å². The number of halogens is 3. The van der Waals surface area contributed by atoms with Crippen LogP contribution in [0, 0.1) is 5.41 Å². The summed E-state index contributed by atoms with van der Waals surface area (Å²) in [5.74, 6) is 0.285. The predicted octanol–water partition coefficient (Wildman–Crippen LogP) is 6.54. The highest BCUT2D eigenvalue weighted by Crippen LogP contribution is 2.29. The van der Waals surface area contributed by atoms with Crippen molar-refractivity contribution in [2.75, 3.05) is 20.3 Å². The Bertz CT molecular complexity index is 1460. The number of methoxy groups -OCH3 is 1. The molecule has 0 aliphatic rings. The Morgan fingerprint density at radius 2 is 1.76 bits per heavy atom. The molecule has 0 saturated carbocycles. The number of hydrogen-bond acceptors (Lipinski definition) is 6. The monoisotopic (exact) mass is 530 g/mol. The molecular formula is C27H25F3N2O4S. The van der Waals surface area contributed by atoms with Crippen LogP contribution in [0.5, 0.6) is 11.5 Å². The number of alkyl halides is 3. The number of aromatic nitrogens is 2. The summed E-state index contributed by atoms with van der Waals surface area (Å²) in [6.07, 6.45) is 0.312. The minimum Gasteiger partial charge on any atom is -0.492 e. The molecule has 194 valence electrons. The van der Waals surface area contributed by atoms with Gasteiger partial charge >= 0.3 is 6.36 Å². The van der Waals surface area contributed by atoms with Gasteiger partial charge < -0.3 is 14.2 Å². The average Bonchev–Trinajstić information content (AvgIpc) is 3.31. The molecule has 0 fully saturated rings. The molecule has 6 nitrogen and oxygen atoms in total. The molecule has 2 heterocycles. The first kappa shape index (κ1) is 26.4. The second-order valence-corrected chi connectivity index (χ2v) is 9.94. The van der Waals surface area contributed by atoms with E-state index in [-0.39, 0.29) is 22.3 Å². The van der Waals surface area contributed by atoms with Crippen molar-refractivity contribution in [3.63, 3.8) is 0 Å². The van der Waals surface area contributed by atoms with Gasteiger partial charge in [0.15, 0.2) is 4.96 Å². The summed E-state index contributed by atoms with van der Waals surface area (Å²) < 4.78 is 54.4. The van der Waals surface area contributed by atoms with Gasteiger partial charge in [-0.25, -0.2) is 4.98 Å². The van der Waals surface area contributed by atoms with Crippen LogP contribution in [-0.4, -0.2) is 36.1 Å². The van der Waals surface area contributed by atoms with Crippen LogP contribution < -0.4 is 15.0 Å². The van der Waals surface area contributed by atoms with E-state index in [1.165, 1.54) is 40.0 Å². The minimum atomic E-state index is -4.81. The molecule has 0 saturated heterocycles. The van der Waals surface area contributed by atoms with Crippen molar-refractivity contribution >= 4 is 28.4 Å². The summed E-state index contributed by atoms with van der Waals surface area (Å²) in [7, 11) is 1.65. The molecule has 4 aromatic rings. The molecule has 0 aliphatic carbocycles. The van der Waals surface area contributed by atoms with Gasteiger partial charge in [-0.2, -0.15) is 0 Å². The first-order chi connectivity index (χ1) is 17.6. The fraction of sp³-hybridized carbons (Fsp3) is 0.259. The van der Waals surface area contributed by atoms with Crippen molar-refractivity contribution < 1.29 is 27.4 Å². The molecule has 0 aliphatic heterocycles. The SMILES string of the molecule is COCC(C)(C)COc1ccccc1/C=C/c1nc2sccn2c(=O)c1-c1ccc(OC(F)(F)F)cc1. The Morgan fingerprint density at radius 3 is 2.46 bits per heavy atom. The lowest BCUT2D eigenvalue weighted by atomic mass is 9.96. The molecule has 0 spiro atoms.